The van der Waals surface area contributed by atoms with Gasteiger partial charge >= 0.3 is 0 Å². The zero-order valence-electron chi connectivity index (χ0n) is 7.67. The van der Waals surface area contributed by atoms with Gasteiger partial charge in [0.1, 0.15) is 0 Å². The lowest BCUT2D eigenvalue weighted by molar-refractivity contribution is 0.537. The number of rotatable bonds is 3. The Balaban J connectivity index is 2.04. The van der Waals surface area contributed by atoms with E-state index in [9.17, 15) is 0 Å². The first-order chi connectivity index (χ1) is 5.74. The third-order valence-corrected chi connectivity index (χ3v) is 2.67. The molecule has 0 spiro atoms. The number of likely N-dealkylation sites (N-methyl/N-ethyl adjacent to an activating group) is 1. The Hall–Kier alpha value is -0.830. The quantitative estimate of drug-likeness (QED) is 0.715. The second kappa shape index (κ2) is 2.59. The van der Waals surface area contributed by atoms with E-state index in [4.69, 9.17) is 0 Å². The van der Waals surface area contributed by atoms with Crippen molar-refractivity contribution in [2.24, 2.45) is 7.05 Å². The van der Waals surface area contributed by atoms with Crippen LogP contribution in [0.2, 0.25) is 0 Å². The second-order valence-corrected chi connectivity index (χ2v) is 3.69. The highest BCUT2D eigenvalue weighted by atomic mass is 15.2. The molecule has 0 bridgehead atoms. The molecule has 0 aliphatic heterocycles. The van der Waals surface area contributed by atoms with Gasteiger partial charge in [0.2, 0.25) is 0 Å². The second-order valence-electron chi connectivity index (χ2n) is 3.69. The van der Waals surface area contributed by atoms with E-state index >= 15 is 0 Å². The van der Waals surface area contributed by atoms with Crippen LogP contribution < -0.4 is 5.32 Å². The van der Waals surface area contributed by atoms with Gasteiger partial charge < -0.3 is 5.32 Å². The fourth-order valence-electron chi connectivity index (χ4n) is 1.57. The molecule has 0 saturated heterocycles. The highest BCUT2D eigenvalue weighted by molar-refractivity contribution is 5.12. The van der Waals surface area contributed by atoms with Crippen LogP contribution in [0.5, 0.6) is 0 Å². The highest BCUT2D eigenvalue weighted by Crippen LogP contribution is 2.37. The van der Waals surface area contributed by atoms with E-state index < -0.39 is 0 Å². The van der Waals surface area contributed by atoms with E-state index in [0.29, 0.717) is 5.54 Å². The van der Waals surface area contributed by atoms with Crippen LogP contribution in [0.25, 0.3) is 0 Å². The lowest BCUT2D eigenvalue weighted by Gasteiger charge is -2.10. The van der Waals surface area contributed by atoms with Gasteiger partial charge in [0.25, 0.3) is 0 Å². The van der Waals surface area contributed by atoms with E-state index in [-0.39, 0.29) is 0 Å². The third kappa shape index (κ3) is 1.37. The van der Waals surface area contributed by atoms with Gasteiger partial charge in [0, 0.05) is 25.2 Å². The lowest BCUT2D eigenvalue weighted by atomic mass is 10.1. The van der Waals surface area contributed by atoms with Gasteiger partial charge in [-0.1, -0.05) is 0 Å². The van der Waals surface area contributed by atoms with Crippen LogP contribution >= 0.6 is 0 Å². The Labute approximate surface area is 72.8 Å². The van der Waals surface area contributed by atoms with Gasteiger partial charge in [-0.2, -0.15) is 5.10 Å². The minimum absolute atomic E-state index is 0.383. The van der Waals surface area contributed by atoms with E-state index in [1.54, 1.807) is 0 Å². The Kier molecular flexibility index (Phi) is 1.68. The van der Waals surface area contributed by atoms with Crippen LogP contribution in [0.4, 0.5) is 0 Å². The number of nitrogens with one attached hydrogen (secondary N) is 1. The SMILES string of the molecule is CNC1(Cc2ccn(C)n2)CC1. The van der Waals surface area contributed by atoms with Crippen molar-refractivity contribution in [3.8, 4) is 0 Å². The maximum atomic E-state index is 4.36. The molecule has 66 valence electrons. The normalized spacial score (nSPS) is 19.5. The van der Waals surface area contributed by atoms with Gasteiger partial charge in [-0.05, 0) is 26.0 Å². The molecule has 1 aliphatic carbocycles. The van der Waals surface area contributed by atoms with Crippen LogP contribution in [0.3, 0.4) is 0 Å². The smallest absolute Gasteiger partial charge is 0.0642 e. The molecule has 0 unspecified atom stereocenters. The summed E-state index contributed by atoms with van der Waals surface area (Å²) in [5, 5.41) is 7.72. The van der Waals surface area contributed by atoms with E-state index in [1.165, 1.54) is 18.5 Å². The molecule has 3 heteroatoms. The van der Waals surface area contributed by atoms with E-state index in [2.05, 4.69) is 16.5 Å². The molecule has 0 radical (unpaired) electrons. The predicted octanol–water partition coefficient (Wildman–Crippen LogP) is 0.715. The van der Waals surface area contributed by atoms with Crippen LogP contribution in [-0.2, 0) is 13.5 Å². The van der Waals surface area contributed by atoms with Crippen molar-refractivity contribution in [3.05, 3.63) is 18.0 Å². The van der Waals surface area contributed by atoms with Crippen molar-refractivity contribution in [2.45, 2.75) is 24.8 Å². The minimum atomic E-state index is 0.383. The highest BCUT2D eigenvalue weighted by Gasteiger charge is 2.41. The van der Waals surface area contributed by atoms with Gasteiger partial charge in [-0.25, -0.2) is 0 Å². The van der Waals surface area contributed by atoms with Gasteiger partial charge in [0.15, 0.2) is 0 Å². The molecule has 0 aromatic carbocycles. The zero-order valence-corrected chi connectivity index (χ0v) is 7.67. The summed E-state index contributed by atoms with van der Waals surface area (Å²) in [6.07, 6.45) is 5.66. The summed E-state index contributed by atoms with van der Waals surface area (Å²) >= 11 is 0. The largest absolute Gasteiger partial charge is 0.314 e. The first kappa shape index (κ1) is 7.80. The third-order valence-electron chi connectivity index (χ3n) is 2.67. The van der Waals surface area contributed by atoms with E-state index in [0.717, 1.165) is 6.42 Å². The first-order valence-corrected chi connectivity index (χ1v) is 4.42. The van der Waals surface area contributed by atoms with Crippen molar-refractivity contribution >= 4 is 0 Å². The van der Waals surface area contributed by atoms with Crippen molar-refractivity contribution in [2.75, 3.05) is 7.05 Å². The predicted molar refractivity (Wildman–Crippen MR) is 47.9 cm³/mol. The molecule has 1 heterocycles. The average molecular weight is 165 g/mol. The molecular weight excluding hydrogens is 150 g/mol. The van der Waals surface area contributed by atoms with Gasteiger partial charge in [0.05, 0.1) is 5.69 Å². The number of hydrogen-bond donors (Lipinski definition) is 1. The van der Waals surface area contributed by atoms with E-state index in [1.807, 2.05) is 25.0 Å². The summed E-state index contributed by atoms with van der Waals surface area (Å²) in [5.74, 6) is 0. The molecule has 1 aromatic heterocycles. The summed E-state index contributed by atoms with van der Waals surface area (Å²) in [4.78, 5) is 0. The summed E-state index contributed by atoms with van der Waals surface area (Å²) in [6, 6.07) is 2.09. The number of hydrogen-bond acceptors (Lipinski definition) is 2. The first-order valence-electron chi connectivity index (χ1n) is 4.42. The van der Waals surface area contributed by atoms with Crippen LogP contribution in [0.15, 0.2) is 12.3 Å². The van der Waals surface area contributed by atoms with Gasteiger partial charge in [-0.3, -0.25) is 4.68 Å². The Morgan fingerprint density at radius 3 is 2.83 bits per heavy atom. The van der Waals surface area contributed by atoms with Crippen molar-refractivity contribution < 1.29 is 0 Å². The average Bonchev–Trinajstić information content (AvgIpc) is 2.71. The monoisotopic (exact) mass is 165 g/mol. The number of aromatic nitrogens is 2. The Morgan fingerprint density at radius 2 is 2.42 bits per heavy atom. The minimum Gasteiger partial charge on any atom is -0.314 e. The molecular formula is C9H15N3. The Bertz CT molecular complexity index is 273. The fourth-order valence-corrected chi connectivity index (χ4v) is 1.57. The fraction of sp³-hybridized carbons (Fsp3) is 0.667. The van der Waals surface area contributed by atoms with Crippen molar-refractivity contribution in [1.82, 2.24) is 15.1 Å². The molecule has 1 fully saturated rings. The molecule has 0 amide bonds. The summed E-state index contributed by atoms with van der Waals surface area (Å²) in [5.41, 5.74) is 1.58. The topological polar surface area (TPSA) is 29.9 Å². The maximum absolute atomic E-state index is 4.36. The molecule has 1 saturated carbocycles. The molecule has 3 nitrogen and oxygen atoms in total. The Morgan fingerprint density at radius 1 is 1.67 bits per heavy atom. The zero-order chi connectivity index (χ0) is 8.60. The standard InChI is InChI=1S/C9H15N3/c1-10-9(4-5-9)7-8-3-6-12(2)11-8/h3,6,10H,4-5,7H2,1-2H3. The molecule has 1 N–H and O–H groups in total. The van der Waals surface area contributed by atoms with Crippen molar-refractivity contribution in [3.63, 3.8) is 0 Å². The molecule has 0 atom stereocenters. The van der Waals surface area contributed by atoms with Crippen LogP contribution in [-0.4, -0.2) is 22.4 Å². The molecule has 1 aromatic rings. The number of nitrogens with zero attached hydrogens (tertiary/aromatic N) is 2. The summed E-state index contributed by atoms with van der Waals surface area (Å²) in [7, 11) is 4.00. The molecule has 2 rings (SSSR count). The summed E-state index contributed by atoms with van der Waals surface area (Å²) < 4.78 is 1.86. The van der Waals surface area contributed by atoms with Crippen LogP contribution in [0, 0.1) is 0 Å². The molecule has 12 heavy (non-hydrogen) atoms. The maximum Gasteiger partial charge on any atom is 0.0642 e. The lowest BCUT2D eigenvalue weighted by Crippen LogP contribution is -2.29. The van der Waals surface area contributed by atoms with Crippen LogP contribution in [0.1, 0.15) is 18.5 Å². The molecule has 1 aliphatic rings. The van der Waals surface area contributed by atoms with Gasteiger partial charge in [-0.15, -0.1) is 0 Å². The van der Waals surface area contributed by atoms with Crippen molar-refractivity contribution in [1.29, 1.82) is 0 Å². The number of aryl methyl sites for hydroxylation is 1. The summed E-state index contributed by atoms with van der Waals surface area (Å²) in [6.45, 7) is 0.